The molecule has 0 radical (unpaired) electrons. The summed E-state index contributed by atoms with van der Waals surface area (Å²) < 4.78 is 2.90. The molecule has 2 aromatic rings. The van der Waals surface area contributed by atoms with Crippen molar-refractivity contribution < 1.29 is 4.79 Å². The van der Waals surface area contributed by atoms with Crippen LogP contribution in [0.15, 0.2) is 37.1 Å². The first-order chi connectivity index (χ1) is 8.24. The quantitative estimate of drug-likeness (QED) is 0.864. The summed E-state index contributed by atoms with van der Waals surface area (Å²) in [6.07, 6.45) is 7.33. The van der Waals surface area contributed by atoms with Gasteiger partial charge in [0.15, 0.2) is 0 Å². The van der Waals surface area contributed by atoms with Crippen molar-refractivity contribution in [1.29, 1.82) is 0 Å². The highest BCUT2D eigenvalue weighted by Crippen LogP contribution is 2.07. The summed E-state index contributed by atoms with van der Waals surface area (Å²) in [6, 6.07) is 3.69. The monoisotopic (exact) mass is 342 g/mol. The Morgan fingerprint density at radius 1 is 1.47 bits per heavy atom. The van der Waals surface area contributed by atoms with Crippen LogP contribution in [-0.2, 0) is 11.3 Å². The molecule has 0 bridgehead atoms. The van der Waals surface area contributed by atoms with Crippen LogP contribution < -0.4 is 5.32 Å². The number of imidazole rings is 1. The molecule has 0 unspecified atom stereocenters. The van der Waals surface area contributed by atoms with E-state index in [1.54, 1.807) is 24.8 Å². The highest BCUT2D eigenvalue weighted by Gasteiger charge is 2.03. The summed E-state index contributed by atoms with van der Waals surface area (Å²) in [4.78, 5) is 19.6. The number of aryl methyl sites for hydroxylation is 1. The van der Waals surface area contributed by atoms with Gasteiger partial charge in [-0.05, 0) is 34.7 Å². The van der Waals surface area contributed by atoms with Gasteiger partial charge < -0.3 is 9.88 Å². The molecular formula is C11H11IN4O. The van der Waals surface area contributed by atoms with E-state index in [1.165, 1.54) is 0 Å². The molecular weight excluding hydrogens is 331 g/mol. The Balaban J connectivity index is 1.83. The molecule has 0 aliphatic carbocycles. The predicted molar refractivity (Wildman–Crippen MR) is 72.4 cm³/mol. The van der Waals surface area contributed by atoms with Crippen LogP contribution in [0.25, 0.3) is 0 Å². The molecule has 17 heavy (non-hydrogen) atoms. The Morgan fingerprint density at radius 2 is 2.35 bits per heavy atom. The summed E-state index contributed by atoms with van der Waals surface area (Å²) in [7, 11) is 0. The lowest BCUT2D eigenvalue weighted by atomic mass is 10.4. The largest absolute Gasteiger partial charge is 0.337 e. The third-order valence-corrected chi connectivity index (χ3v) is 2.79. The van der Waals surface area contributed by atoms with Crippen LogP contribution in [-0.4, -0.2) is 20.4 Å². The Morgan fingerprint density at radius 3 is 3.00 bits per heavy atom. The molecule has 0 aromatic carbocycles. The van der Waals surface area contributed by atoms with Gasteiger partial charge in [-0.2, -0.15) is 0 Å². The van der Waals surface area contributed by atoms with Crippen molar-refractivity contribution in [2.75, 3.05) is 5.32 Å². The SMILES string of the molecule is O=C(CCn1ccnc1)Nc1ccc(I)cn1. The van der Waals surface area contributed by atoms with Crippen LogP contribution in [0.5, 0.6) is 0 Å². The Kier molecular flexibility index (Phi) is 4.08. The van der Waals surface area contributed by atoms with Crippen LogP contribution in [0.1, 0.15) is 6.42 Å². The van der Waals surface area contributed by atoms with Crippen LogP contribution in [0.4, 0.5) is 5.82 Å². The fourth-order valence-electron chi connectivity index (χ4n) is 1.30. The van der Waals surface area contributed by atoms with Crippen LogP contribution >= 0.6 is 22.6 Å². The number of anilines is 1. The third-order valence-electron chi connectivity index (χ3n) is 2.15. The Hall–Kier alpha value is -1.44. The third kappa shape index (κ3) is 3.81. The zero-order chi connectivity index (χ0) is 12.1. The van der Waals surface area contributed by atoms with Gasteiger partial charge >= 0.3 is 0 Å². The van der Waals surface area contributed by atoms with Crippen molar-refractivity contribution in [1.82, 2.24) is 14.5 Å². The van der Waals surface area contributed by atoms with Crippen LogP contribution in [0.3, 0.4) is 0 Å². The number of hydrogen-bond acceptors (Lipinski definition) is 3. The maximum Gasteiger partial charge on any atom is 0.227 e. The summed E-state index contributed by atoms with van der Waals surface area (Å²) in [6.45, 7) is 0.621. The van der Waals surface area contributed by atoms with Gasteiger partial charge in [0.2, 0.25) is 5.91 Å². The summed E-state index contributed by atoms with van der Waals surface area (Å²) in [5.41, 5.74) is 0. The second-order valence-corrected chi connectivity index (χ2v) is 4.71. The van der Waals surface area contributed by atoms with E-state index in [0.29, 0.717) is 18.8 Å². The van der Waals surface area contributed by atoms with E-state index < -0.39 is 0 Å². The number of hydrogen-bond donors (Lipinski definition) is 1. The standard InChI is InChI=1S/C11H11IN4O/c12-9-1-2-10(14-7-9)15-11(17)3-5-16-6-4-13-8-16/h1-2,4,6-8H,3,5H2,(H,14,15,17). The molecule has 0 fully saturated rings. The Bertz CT molecular complexity index is 481. The second-order valence-electron chi connectivity index (χ2n) is 3.46. The van der Waals surface area contributed by atoms with Crippen LogP contribution in [0.2, 0.25) is 0 Å². The van der Waals surface area contributed by atoms with Gasteiger partial charge in [-0.3, -0.25) is 4.79 Å². The minimum Gasteiger partial charge on any atom is -0.337 e. The van der Waals surface area contributed by atoms with Gasteiger partial charge in [0.05, 0.1) is 6.33 Å². The highest BCUT2D eigenvalue weighted by atomic mass is 127. The normalized spacial score (nSPS) is 10.2. The number of carbonyl (C=O) groups excluding carboxylic acids is 1. The van der Waals surface area contributed by atoms with Crippen LogP contribution in [0, 0.1) is 3.57 Å². The fraction of sp³-hybridized carbons (Fsp3) is 0.182. The van der Waals surface area contributed by atoms with Crippen molar-refractivity contribution >= 4 is 34.3 Å². The number of amides is 1. The second kappa shape index (κ2) is 5.76. The molecule has 88 valence electrons. The molecule has 0 aliphatic rings. The summed E-state index contributed by atoms with van der Waals surface area (Å²) in [5.74, 6) is 0.536. The van der Waals surface area contributed by atoms with Crippen molar-refractivity contribution in [3.05, 3.63) is 40.6 Å². The molecule has 2 rings (SSSR count). The van der Waals surface area contributed by atoms with E-state index in [1.807, 2.05) is 16.8 Å². The van der Waals surface area contributed by atoms with E-state index in [9.17, 15) is 4.79 Å². The average molecular weight is 342 g/mol. The predicted octanol–water partition coefficient (Wildman–Crippen LogP) is 1.91. The first-order valence-electron chi connectivity index (χ1n) is 5.11. The van der Waals surface area contributed by atoms with Gasteiger partial charge in [0, 0.05) is 35.1 Å². The molecule has 5 nitrogen and oxygen atoms in total. The molecule has 0 atom stereocenters. The molecule has 0 saturated carbocycles. The number of aromatic nitrogens is 3. The molecule has 2 aromatic heterocycles. The van der Waals surface area contributed by atoms with E-state index in [2.05, 4.69) is 37.9 Å². The summed E-state index contributed by atoms with van der Waals surface area (Å²) in [5, 5.41) is 2.74. The lowest BCUT2D eigenvalue weighted by molar-refractivity contribution is -0.116. The zero-order valence-electron chi connectivity index (χ0n) is 9.01. The number of halogens is 1. The maximum atomic E-state index is 11.6. The van der Waals surface area contributed by atoms with Gasteiger partial charge in [-0.1, -0.05) is 0 Å². The number of nitrogens with one attached hydrogen (secondary N) is 1. The number of carbonyl (C=O) groups is 1. The average Bonchev–Trinajstić information content (AvgIpc) is 2.83. The summed E-state index contributed by atoms with van der Waals surface area (Å²) >= 11 is 2.17. The first-order valence-corrected chi connectivity index (χ1v) is 6.19. The van der Waals surface area contributed by atoms with Crippen molar-refractivity contribution in [3.8, 4) is 0 Å². The van der Waals surface area contributed by atoms with Gasteiger partial charge in [0.25, 0.3) is 0 Å². The maximum absolute atomic E-state index is 11.6. The van der Waals surface area contributed by atoms with E-state index in [0.717, 1.165) is 3.57 Å². The van der Waals surface area contributed by atoms with Crippen molar-refractivity contribution in [2.45, 2.75) is 13.0 Å². The van der Waals surface area contributed by atoms with Gasteiger partial charge in [0.1, 0.15) is 5.82 Å². The zero-order valence-corrected chi connectivity index (χ0v) is 11.2. The fourth-order valence-corrected chi connectivity index (χ4v) is 1.62. The number of rotatable bonds is 4. The van der Waals surface area contributed by atoms with Gasteiger partial charge in [-0.25, -0.2) is 9.97 Å². The molecule has 6 heteroatoms. The van der Waals surface area contributed by atoms with E-state index >= 15 is 0 Å². The lowest BCUT2D eigenvalue weighted by Crippen LogP contribution is -2.14. The molecule has 0 spiro atoms. The topological polar surface area (TPSA) is 59.8 Å². The lowest BCUT2D eigenvalue weighted by Gasteiger charge is -2.04. The molecule has 1 amide bonds. The molecule has 2 heterocycles. The molecule has 0 aliphatic heterocycles. The first kappa shape index (κ1) is 12.0. The molecule has 1 N–H and O–H groups in total. The highest BCUT2D eigenvalue weighted by molar-refractivity contribution is 14.1. The Labute approximate surface area is 112 Å². The molecule has 0 saturated heterocycles. The van der Waals surface area contributed by atoms with Crippen molar-refractivity contribution in [2.24, 2.45) is 0 Å². The smallest absolute Gasteiger partial charge is 0.227 e. The minimum atomic E-state index is -0.0487. The van der Waals surface area contributed by atoms with Crippen molar-refractivity contribution in [3.63, 3.8) is 0 Å². The number of pyridine rings is 1. The van der Waals surface area contributed by atoms with E-state index in [-0.39, 0.29) is 5.91 Å². The number of nitrogens with zero attached hydrogens (tertiary/aromatic N) is 3. The minimum absolute atomic E-state index is 0.0487. The van der Waals surface area contributed by atoms with Gasteiger partial charge in [-0.15, -0.1) is 0 Å². The van der Waals surface area contributed by atoms with E-state index in [4.69, 9.17) is 0 Å².